The van der Waals surface area contributed by atoms with Gasteiger partial charge in [0.05, 0.1) is 23.5 Å². The van der Waals surface area contributed by atoms with Crippen LogP contribution < -0.4 is 10.1 Å². The average Bonchev–Trinajstić information content (AvgIpc) is 3.45. The third kappa shape index (κ3) is 4.09. The summed E-state index contributed by atoms with van der Waals surface area (Å²) in [5, 5.41) is 2.80. The van der Waals surface area contributed by atoms with Gasteiger partial charge >= 0.3 is 0 Å². The molecule has 1 saturated carbocycles. The summed E-state index contributed by atoms with van der Waals surface area (Å²) in [5.74, 6) is -0.858. The molecule has 1 aromatic carbocycles. The molecular weight excluding hydrogens is 414 g/mol. The van der Waals surface area contributed by atoms with Gasteiger partial charge < -0.3 is 10.1 Å². The number of hydrogen-bond acceptors (Lipinski definition) is 5. The monoisotopic (exact) mass is 430 g/mol. The third-order valence-corrected chi connectivity index (χ3v) is 5.32. The average molecular weight is 431 g/mol. The van der Waals surface area contributed by atoms with E-state index in [2.05, 4.69) is 20.3 Å². The SMILES string of the molecule is Cc1nc(Cl)ncc1OCC1(C(=O)Nc2ccc(F)cn2)CC1c1cccc(F)c1. The van der Waals surface area contributed by atoms with E-state index < -0.39 is 11.2 Å². The number of carbonyl (C=O) groups excluding carboxylic acids is 1. The number of aryl methyl sites for hydroxylation is 1. The van der Waals surface area contributed by atoms with Gasteiger partial charge in [-0.15, -0.1) is 0 Å². The van der Waals surface area contributed by atoms with Crippen molar-refractivity contribution in [3.8, 4) is 5.75 Å². The van der Waals surface area contributed by atoms with Gasteiger partial charge in [0.25, 0.3) is 0 Å². The summed E-state index contributed by atoms with van der Waals surface area (Å²) in [6, 6.07) is 8.71. The van der Waals surface area contributed by atoms with E-state index in [4.69, 9.17) is 16.3 Å². The predicted molar refractivity (Wildman–Crippen MR) is 106 cm³/mol. The summed E-state index contributed by atoms with van der Waals surface area (Å²) in [6.45, 7) is 1.74. The van der Waals surface area contributed by atoms with Crippen LogP contribution in [0.15, 0.2) is 48.8 Å². The van der Waals surface area contributed by atoms with Crippen molar-refractivity contribution >= 4 is 23.3 Å². The number of hydrogen-bond donors (Lipinski definition) is 1. The molecule has 3 aromatic rings. The van der Waals surface area contributed by atoms with Crippen molar-refractivity contribution in [2.75, 3.05) is 11.9 Å². The largest absolute Gasteiger partial charge is 0.489 e. The molecule has 1 amide bonds. The van der Waals surface area contributed by atoms with Crippen molar-refractivity contribution in [2.45, 2.75) is 19.3 Å². The first-order valence-electron chi connectivity index (χ1n) is 9.18. The summed E-state index contributed by atoms with van der Waals surface area (Å²) in [4.78, 5) is 25.0. The Hall–Kier alpha value is -3.13. The molecule has 0 radical (unpaired) electrons. The van der Waals surface area contributed by atoms with Crippen LogP contribution in [0.25, 0.3) is 0 Å². The van der Waals surface area contributed by atoms with Crippen LogP contribution in [-0.2, 0) is 4.79 Å². The molecular formula is C21H17ClF2N4O2. The quantitative estimate of drug-likeness (QED) is 0.590. The summed E-state index contributed by atoms with van der Waals surface area (Å²) in [6.07, 6.45) is 2.92. The topological polar surface area (TPSA) is 77.0 Å². The molecule has 0 bridgehead atoms. The summed E-state index contributed by atoms with van der Waals surface area (Å²) in [7, 11) is 0. The van der Waals surface area contributed by atoms with E-state index in [1.807, 2.05) is 0 Å². The summed E-state index contributed by atoms with van der Waals surface area (Å²) >= 11 is 5.78. The van der Waals surface area contributed by atoms with E-state index in [0.29, 0.717) is 23.4 Å². The van der Waals surface area contributed by atoms with Crippen molar-refractivity contribution < 1.29 is 18.3 Å². The van der Waals surface area contributed by atoms with Gasteiger partial charge in [0, 0.05) is 5.92 Å². The fourth-order valence-corrected chi connectivity index (χ4v) is 3.58. The van der Waals surface area contributed by atoms with Crippen LogP contribution in [0.4, 0.5) is 14.6 Å². The third-order valence-electron chi connectivity index (χ3n) is 5.14. The fraction of sp³-hybridized carbons (Fsp3) is 0.238. The predicted octanol–water partition coefficient (Wildman–Crippen LogP) is 4.30. The highest BCUT2D eigenvalue weighted by Gasteiger charge is 2.61. The second-order valence-corrected chi connectivity index (χ2v) is 7.50. The van der Waals surface area contributed by atoms with Crippen molar-refractivity contribution in [2.24, 2.45) is 5.41 Å². The molecule has 0 spiro atoms. The highest BCUT2D eigenvalue weighted by molar-refractivity contribution is 6.28. The van der Waals surface area contributed by atoms with Gasteiger partial charge in [0.15, 0.2) is 5.75 Å². The smallest absolute Gasteiger partial charge is 0.235 e. The van der Waals surface area contributed by atoms with E-state index in [1.165, 1.54) is 30.5 Å². The van der Waals surface area contributed by atoms with E-state index in [1.54, 1.807) is 19.1 Å². The number of anilines is 1. The first-order valence-corrected chi connectivity index (χ1v) is 9.55. The number of carbonyl (C=O) groups is 1. The highest BCUT2D eigenvalue weighted by atomic mass is 35.5. The number of amides is 1. The minimum absolute atomic E-state index is 0.0209. The van der Waals surface area contributed by atoms with Crippen LogP contribution in [0.1, 0.15) is 23.6 Å². The minimum atomic E-state index is -0.948. The Kier molecular flexibility index (Phi) is 5.34. The lowest BCUT2D eigenvalue weighted by molar-refractivity contribution is -0.122. The zero-order valence-electron chi connectivity index (χ0n) is 15.9. The van der Waals surface area contributed by atoms with E-state index >= 15 is 0 Å². The Morgan fingerprint density at radius 1 is 1.23 bits per heavy atom. The van der Waals surface area contributed by atoms with Gasteiger partial charge in [-0.1, -0.05) is 12.1 Å². The minimum Gasteiger partial charge on any atom is -0.489 e. The van der Waals surface area contributed by atoms with Crippen molar-refractivity contribution in [3.05, 3.63) is 77.0 Å². The maximum Gasteiger partial charge on any atom is 0.235 e. The van der Waals surface area contributed by atoms with E-state index in [0.717, 1.165) is 6.20 Å². The van der Waals surface area contributed by atoms with Crippen LogP contribution in [0, 0.1) is 24.0 Å². The lowest BCUT2D eigenvalue weighted by Gasteiger charge is -2.19. The van der Waals surface area contributed by atoms with Crippen LogP contribution in [-0.4, -0.2) is 27.5 Å². The van der Waals surface area contributed by atoms with Gasteiger partial charge in [-0.3, -0.25) is 4.79 Å². The number of nitrogens with one attached hydrogen (secondary N) is 1. The Morgan fingerprint density at radius 2 is 2.07 bits per heavy atom. The molecule has 1 fully saturated rings. The Labute approximate surface area is 176 Å². The second-order valence-electron chi connectivity index (χ2n) is 7.16. The molecule has 30 heavy (non-hydrogen) atoms. The lowest BCUT2D eigenvalue weighted by atomic mass is 9.98. The number of aromatic nitrogens is 3. The zero-order valence-corrected chi connectivity index (χ0v) is 16.7. The molecule has 0 aliphatic heterocycles. The molecule has 9 heteroatoms. The Balaban J connectivity index is 1.58. The molecule has 1 N–H and O–H groups in total. The first-order chi connectivity index (χ1) is 14.4. The fourth-order valence-electron chi connectivity index (χ4n) is 3.41. The van der Waals surface area contributed by atoms with Crippen molar-refractivity contribution in [3.63, 3.8) is 0 Å². The number of nitrogens with zero attached hydrogens (tertiary/aromatic N) is 3. The molecule has 1 aliphatic carbocycles. The second kappa shape index (κ2) is 7.95. The Morgan fingerprint density at radius 3 is 2.77 bits per heavy atom. The Bertz CT molecular complexity index is 1100. The maximum absolute atomic E-state index is 13.7. The van der Waals surface area contributed by atoms with Gasteiger partial charge in [-0.25, -0.2) is 23.7 Å². The van der Waals surface area contributed by atoms with Crippen LogP contribution in [0.2, 0.25) is 5.28 Å². The molecule has 154 valence electrons. The van der Waals surface area contributed by atoms with Crippen LogP contribution in [0.3, 0.4) is 0 Å². The summed E-state index contributed by atoms with van der Waals surface area (Å²) in [5.41, 5.74) is 0.286. The molecule has 6 nitrogen and oxygen atoms in total. The number of pyridine rings is 1. The van der Waals surface area contributed by atoms with E-state index in [-0.39, 0.29) is 35.4 Å². The van der Waals surface area contributed by atoms with Crippen molar-refractivity contribution in [1.29, 1.82) is 0 Å². The zero-order chi connectivity index (χ0) is 21.3. The lowest BCUT2D eigenvalue weighted by Crippen LogP contribution is -2.31. The van der Waals surface area contributed by atoms with E-state index in [9.17, 15) is 13.6 Å². The van der Waals surface area contributed by atoms with Gasteiger partial charge in [-0.2, -0.15) is 0 Å². The number of ether oxygens (including phenoxy) is 1. The maximum atomic E-state index is 13.7. The van der Waals surface area contributed by atoms with Gasteiger partial charge in [-0.05, 0) is 54.8 Å². The highest BCUT2D eigenvalue weighted by Crippen LogP contribution is 2.60. The molecule has 0 saturated heterocycles. The molecule has 2 atom stereocenters. The van der Waals surface area contributed by atoms with Gasteiger partial charge in [0.2, 0.25) is 11.2 Å². The first kappa shape index (κ1) is 20.2. The number of benzene rings is 1. The van der Waals surface area contributed by atoms with Crippen molar-refractivity contribution in [1.82, 2.24) is 15.0 Å². The molecule has 1 aliphatic rings. The van der Waals surface area contributed by atoms with Gasteiger partial charge in [0.1, 0.15) is 24.1 Å². The normalized spacial score (nSPS) is 19.9. The number of halogens is 3. The molecule has 2 aromatic heterocycles. The molecule has 4 rings (SSSR count). The standard InChI is InChI=1S/C21H17ClF2N4O2/c1-12-17(10-26-20(22)27-12)30-11-21(8-16(21)13-3-2-4-14(23)7-13)19(29)28-18-6-5-15(24)9-25-18/h2-7,9-10,16H,8,11H2,1H3,(H,25,28,29). The number of rotatable bonds is 6. The van der Waals surface area contributed by atoms with Crippen LogP contribution in [0.5, 0.6) is 5.75 Å². The molecule has 2 heterocycles. The summed E-state index contributed by atoms with van der Waals surface area (Å²) < 4.78 is 32.7. The molecule has 2 unspecified atom stereocenters. The van der Waals surface area contributed by atoms with Crippen LogP contribution >= 0.6 is 11.6 Å².